The molecule has 2 aromatic carbocycles. The van der Waals surface area contributed by atoms with Crippen molar-refractivity contribution in [3.63, 3.8) is 0 Å². The van der Waals surface area contributed by atoms with Gasteiger partial charge in [0.2, 0.25) is 6.79 Å². The maximum absolute atomic E-state index is 12.3. The van der Waals surface area contributed by atoms with Crippen LogP contribution in [0.3, 0.4) is 0 Å². The second-order valence-electron chi connectivity index (χ2n) is 6.12. The summed E-state index contributed by atoms with van der Waals surface area (Å²) in [6, 6.07) is 10.2. The van der Waals surface area contributed by atoms with Crippen molar-refractivity contribution < 1.29 is 33.3 Å². The molecule has 1 amide bonds. The molecule has 1 N–H and O–H groups in total. The maximum Gasteiger partial charge on any atom is 0.331 e. The minimum atomic E-state index is -0.989. The van der Waals surface area contributed by atoms with Crippen molar-refractivity contribution in [1.82, 2.24) is 0 Å². The molecule has 0 saturated heterocycles. The number of fused-ring (bicyclic) bond motifs is 1. The van der Waals surface area contributed by atoms with E-state index in [-0.39, 0.29) is 6.79 Å². The Labute approximate surface area is 168 Å². The van der Waals surface area contributed by atoms with Crippen LogP contribution in [0.25, 0.3) is 6.08 Å². The van der Waals surface area contributed by atoms with Crippen LogP contribution >= 0.6 is 0 Å². The second kappa shape index (κ2) is 9.01. The van der Waals surface area contributed by atoms with Crippen molar-refractivity contribution in [3.8, 4) is 23.0 Å². The molecular weight excluding hydrogens is 378 g/mol. The SMILES string of the molecule is COc1cc(/C=C/C(=O)O[C@H](C)C(=O)Nc2ccc3c(c2)OCO3)cc(OC)c1. The van der Waals surface area contributed by atoms with E-state index in [9.17, 15) is 9.59 Å². The lowest BCUT2D eigenvalue weighted by Crippen LogP contribution is -2.29. The zero-order valence-corrected chi connectivity index (χ0v) is 16.3. The third kappa shape index (κ3) is 5.19. The van der Waals surface area contributed by atoms with Gasteiger partial charge in [0.15, 0.2) is 17.6 Å². The molecule has 152 valence electrons. The monoisotopic (exact) mass is 399 g/mol. The molecule has 0 aromatic heterocycles. The summed E-state index contributed by atoms with van der Waals surface area (Å²) in [5.41, 5.74) is 1.21. The van der Waals surface area contributed by atoms with Crippen LogP contribution in [-0.4, -0.2) is 39.0 Å². The molecule has 0 saturated carbocycles. The molecule has 8 heteroatoms. The Morgan fingerprint density at radius 2 is 1.72 bits per heavy atom. The van der Waals surface area contributed by atoms with Gasteiger partial charge in [0.25, 0.3) is 5.91 Å². The standard InChI is InChI=1S/C21H21NO7/c1-13(21(24)22-15-5-6-18-19(10-15)28-12-27-18)29-20(23)7-4-14-8-16(25-2)11-17(9-14)26-3/h4-11,13H,12H2,1-3H3,(H,22,24)/b7-4+/t13-/m1/s1. The minimum Gasteiger partial charge on any atom is -0.497 e. The summed E-state index contributed by atoms with van der Waals surface area (Å²) in [5, 5.41) is 2.67. The van der Waals surface area contributed by atoms with E-state index in [4.69, 9.17) is 23.7 Å². The first kappa shape index (κ1) is 20.1. The first-order valence-electron chi connectivity index (χ1n) is 8.81. The van der Waals surface area contributed by atoms with E-state index in [0.717, 1.165) is 0 Å². The molecule has 1 aliphatic heterocycles. The number of esters is 1. The third-order valence-electron chi connectivity index (χ3n) is 4.09. The molecule has 0 unspecified atom stereocenters. The number of nitrogens with one attached hydrogen (secondary N) is 1. The number of hydrogen-bond donors (Lipinski definition) is 1. The van der Waals surface area contributed by atoms with Crippen LogP contribution in [0.2, 0.25) is 0 Å². The van der Waals surface area contributed by atoms with E-state index < -0.39 is 18.0 Å². The van der Waals surface area contributed by atoms with Crippen molar-refractivity contribution >= 4 is 23.6 Å². The molecule has 1 heterocycles. The first-order valence-corrected chi connectivity index (χ1v) is 8.81. The highest BCUT2D eigenvalue weighted by Crippen LogP contribution is 2.34. The van der Waals surface area contributed by atoms with Gasteiger partial charge in [-0.25, -0.2) is 4.79 Å². The zero-order chi connectivity index (χ0) is 20.8. The van der Waals surface area contributed by atoms with Gasteiger partial charge in [-0.1, -0.05) is 0 Å². The van der Waals surface area contributed by atoms with Crippen molar-refractivity contribution in [3.05, 3.63) is 48.0 Å². The van der Waals surface area contributed by atoms with Gasteiger partial charge in [0, 0.05) is 23.9 Å². The predicted octanol–water partition coefficient (Wildman–Crippen LogP) is 3.02. The number of ether oxygens (including phenoxy) is 5. The number of methoxy groups -OCH3 is 2. The van der Waals surface area contributed by atoms with Crippen molar-refractivity contribution in [1.29, 1.82) is 0 Å². The Kier molecular flexibility index (Phi) is 6.23. The van der Waals surface area contributed by atoms with Crippen LogP contribution in [0.15, 0.2) is 42.5 Å². The van der Waals surface area contributed by atoms with E-state index in [1.54, 1.807) is 42.5 Å². The summed E-state index contributed by atoms with van der Waals surface area (Å²) in [6.07, 6.45) is 1.80. The molecule has 29 heavy (non-hydrogen) atoms. The number of hydrogen-bond acceptors (Lipinski definition) is 7. The van der Waals surface area contributed by atoms with E-state index in [1.165, 1.54) is 27.2 Å². The number of anilines is 1. The molecule has 0 fully saturated rings. The average molecular weight is 399 g/mol. The van der Waals surface area contributed by atoms with Crippen molar-refractivity contribution in [2.45, 2.75) is 13.0 Å². The van der Waals surface area contributed by atoms with Crippen LogP contribution in [0.1, 0.15) is 12.5 Å². The summed E-state index contributed by atoms with van der Waals surface area (Å²) in [7, 11) is 3.08. The Balaban J connectivity index is 1.57. The molecule has 2 aromatic rings. The van der Waals surface area contributed by atoms with Crippen molar-refractivity contribution in [2.75, 3.05) is 26.3 Å². The lowest BCUT2D eigenvalue weighted by Gasteiger charge is -2.12. The third-order valence-corrected chi connectivity index (χ3v) is 4.09. The topological polar surface area (TPSA) is 92.3 Å². The number of carbonyl (C=O) groups excluding carboxylic acids is 2. The molecule has 0 radical (unpaired) electrons. The smallest absolute Gasteiger partial charge is 0.331 e. The normalized spacial score (nSPS) is 13.1. The Bertz CT molecular complexity index is 916. The van der Waals surface area contributed by atoms with Crippen molar-refractivity contribution in [2.24, 2.45) is 0 Å². The highest BCUT2D eigenvalue weighted by atomic mass is 16.7. The van der Waals surface area contributed by atoms with Crippen LogP contribution in [-0.2, 0) is 14.3 Å². The number of carbonyl (C=O) groups is 2. The number of benzene rings is 2. The number of amides is 1. The lowest BCUT2D eigenvalue weighted by atomic mass is 10.2. The van der Waals surface area contributed by atoms with Gasteiger partial charge in [0.05, 0.1) is 14.2 Å². The predicted molar refractivity (Wildman–Crippen MR) is 105 cm³/mol. The quantitative estimate of drug-likeness (QED) is 0.565. The molecule has 1 atom stereocenters. The molecule has 3 rings (SSSR count). The lowest BCUT2D eigenvalue weighted by molar-refractivity contribution is -0.148. The molecule has 8 nitrogen and oxygen atoms in total. The molecule has 0 aliphatic carbocycles. The van der Waals surface area contributed by atoms with Crippen LogP contribution in [0.5, 0.6) is 23.0 Å². The fourth-order valence-electron chi connectivity index (χ4n) is 2.58. The van der Waals surface area contributed by atoms with Crippen LogP contribution in [0.4, 0.5) is 5.69 Å². The Morgan fingerprint density at radius 1 is 1.03 bits per heavy atom. The van der Waals surface area contributed by atoms with Gasteiger partial charge in [-0.3, -0.25) is 4.79 Å². The molecule has 1 aliphatic rings. The minimum absolute atomic E-state index is 0.145. The largest absolute Gasteiger partial charge is 0.497 e. The van der Waals surface area contributed by atoms with Gasteiger partial charge in [-0.2, -0.15) is 0 Å². The van der Waals surface area contributed by atoms with E-state index >= 15 is 0 Å². The summed E-state index contributed by atoms with van der Waals surface area (Å²) < 4.78 is 26.0. The molecular formula is C21H21NO7. The zero-order valence-electron chi connectivity index (χ0n) is 16.3. The highest BCUT2D eigenvalue weighted by Gasteiger charge is 2.19. The highest BCUT2D eigenvalue weighted by molar-refractivity contribution is 5.96. The maximum atomic E-state index is 12.3. The first-order chi connectivity index (χ1) is 14.0. The fourth-order valence-corrected chi connectivity index (χ4v) is 2.58. The summed E-state index contributed by atoms with van der Waals surface area (Å²) in [5.74, 6) is 1.22. The van der Waals surface area contributed by atoms with Gasteiger partial charge < -0.3 is 29.0 Å². The van der Waals surface area contributed by atoms with Crippen LogP contribution in [0, 0.1) is 0 Å². The summed E-state index contributed by atoms with van der Waals surface area (Å²) in [6.45, 7) is 1.63. The van der Waals surface area contributed by atoms with Gasteiger partial charge >= 0.3 is 5.97 Å². The fraction of sp³-hybridized carbons (Fsp3) is 0.238. The summed E-state index contributed by atoms with van der Waals surface area (Å²) >= 11 is 0. The Morgan fingerprint density at radius 3 is 2.41 bits per heavy atom. The van der Waals surface area contributed by atoms with E-state index in [2.05, 4.69) is 5.32 Å². The van der Waals surface area contributed by atoms with Gasteiger partial charge in [0.1, 0.15) is 11.5 Å². The molecule has 0 bridgehead atoms. The van der Waals surface area contributed by atoms with Gasteiger partial charge in [-0.05, 0) is 42.8 Å². The van der Waals surface area contributed by atoms with E-state index in [1.807, 2.05) is 0 Å². The van der Waals surface area contributed by atoms with Crippen LogP contribution < -0.4 is 24.3 Å². The summed E-state index contributed by atoms with van der Waals surface area (Å²) in [4.78, 5) is 24.3. The van der Waals surface area contributed by atoms with Gasteiger partial charge in [-0.15, -0.1) is 0 Å². The molecule has 0 spiro atoms. The number of rotatable bonds is 7. The average Bonchev–Trinajstić information content (AvgIpc) is 3.19. The second-order valence-corrected chi connectivity index (χ2v) is 6.12. The van der Waals surface area contributed by atoms with E-state index in [0.29, 0.717) is 34.2 Å². The Hall–Kier alpha value is -3.68.